The van der Waals surface area contributed by atoms with E-state index in [0.717, 1.165) is 0 Å². The fourth-order valence-electron chi connectivity index (χ4n) is 1.46. The van der Waals surface area contributed by atoms with Crippen molar-refractivity contribution < 1.29 is 14.9 Å². The fraction of sp³-hybridized carbons (Fsp3) is 0.0833. The van der Waals surface area contributed by atoms with E-state index in [1.165, 1.54) is 13.2 Å². The van der Waals surface area contributed by atoms with Crippen LogP contribution in [0.5, 0.6) is 17.2 Å². The molecule has 0 saturated carbocycles. The highest BCUT2D eigenvalue weighted by atomic mass is 16.5. The molecule has 1 aromatic carbocycles. The van der Waals surface area contributed by atoms with Crippen molar-refractivity contribution in [1.82, 2.24) is 4.98 Å². The quantitative estimate of drug-likeness (QED) is 0.809. The molecule has 0 radical (unpaired) electrons. The summed E-state index contributed by atoms with van der Waals surface area (Å²) in [4.78, 5) is 4.04. The molecule has 0 amide bonds. The molecule has 0 fully saturated rings. The van der Waals surface area contributed by atoms with Crippen LogP contribution in [-0.4, -0.2) is 22.3 Å². The summed E-state index contributed by atoms with van der Waals surface area (Å²) in [6, 6.07) is 8.03. The van der Waals surface area contributed by atoms with Gasteiger partial charge in [-0.25, -0.2) is 0 Å². The Morgan fingerprint density at radius 3 is 2.56 bits per heavy atom. The maximum atomic E-state index is 9.61. The minimum atomic E-state index is 0.0186. The number of nitrogens with zero attached hydrogens (tertiary/aromatic N) is 1. The fourth-order valence-corrected chi connectivity index (χ4v) is 1.46. The van der Waals surface area contributed by atoms with Crippen LogP contribution in [-0.2, 0) is 0 Å². The highest BCUT2D eigenvalue weighted by Crippen LogP contribution is 2.33. The number of methoxy groups -OCH3 is 1. The predicted octanol–water partition coefficient (Wildman–Crippen LogP) is 2.17. The topological polar surface area (TPSA) is 62.6 Å². The first kappa shape index (κ1) is 10.3. The van der Waals surface area contributed by atoms with Gasteiger partial charge in [-0.3, -0.25) is 4.98 Å². The van der Waals surface area contributed by atoms with Gasteiger partial charge < -0.3 is 14.9 Å². The van der Waals surface area contributed by atoms with Crippen molar-refractivity contribution in [3.05, 3.63) is 36.5 Å². The lowest BCUT2D eigenvalue weighted by Gasteiger charge is -2.06. The van der Waals surface area contributed by atoms with Crippen LogP contribution in [0.25, 0.3) is 11.3 Å². The van der Waals surface area contributed by atoms with E-state index in [-0.39, 0.29) is 11.5 Å². The van der Waals surface area contributed by atoms with Crippen molar-refractivity contribution >= 4 is 0 Å². The van der Waals surface area contributed by atoms with Gasteiger partial charge in [-0.15, -0.1) is 0 Å². The molecule has 4 nitrogen and oxygen atoms in total. The predicted molar refractivity (Wildman–Crippen MR) is 59.6 cm³/mol. The maximum Gasteiger partial charge on any atom is 0.160 e. The van der Waals surface area contributed by atoms with Crippen molar-refractivity contribution in [1.29, 1.82) is 0 Å². The van der Waals surface area contributed by atoms with E-state index in [1.807, 2.05) is 0 Å². The summed E-state index contributed by atoms with van der Waals surface area (Å²) in [7, 11) is 1.48. The van der Waals surface area contributed by atoms with Crippen LogP contribution in [0, 0.1) is 0 Å². The second-order valence-electron chi connectivity index (χ2n) is 3.26. The summed E-state index contributed by atoms with van der Waals surface area (Å²) in [6.45, 7) is 0. The third kappa shape index (κ3) is 1.77. The Morgan fingerprint density at radius 2 is 1.94 bits per heavy atom. The Morgan fingerprint density at radius 1 is 1.12 bits per heavy atom. The van der Waals surface area contributed by atoms with Crippen molar-refractivity contribution in [2.45, 2.75) is 0 Å². The molecule has 2 rings (SSSR count). The van der Waals surface area contributed by atoms with E-state index < -0.39 is 0 Å². The summed E-state index contributed by atoms with van der Waals surface area (Å²) in [5.41, 5.74) is 1.07. The number of hydrogen-bond donors (Lipinski definition) is 2. The third-order valence-electron chi connectivity index (χ3n) is 2.24. The SMILES string of the molecule is COc1ccc(-c2ncccc2O)cc1O. The van der Waals surface area contributed by atoms with Gasteiger partial charge in [0.25, 0.3) is 0 Å². The molecule has 82 valence electrons. The zero-order valence-electron chi connectivity index (χ0n) is 8.71. The van der Waals surface area contributed by atoms with Gasteiger partial charge in [0, 0.05) is 11.8 Å². The largest absolute Gasteiger partial charge is 0.506 e. The Labute approximate surface area is 92.8 Å². The van der Waals surface area contributed by atoms with Crippen LogP contribution >= 0.6 is 0 Å². The number of rotatable bonds is 2. The van der Waals surface area contributed by atoms with Crippen LogP contribution in [0.1, 0.15) is 0 Å². The van der Waals surface area contributed by atoms with Gasteiger partial charge in [-0.2, -0.15) is 0 Å². The first-order chi connectivity index (χ1) is 7.72. The lowest BCUT2D eigenvalue weighted by Crippen LogP contribution is -1.86. The van der Waals surface area contributed by atoms with Crippen LogP contribution in [0.2, 0.25) is 0 Å². The van der Waals surface area contributed by atoms with E-state index in [2.05, 4.69) is 4.98 Å². The van der Waals surface area contributed by atoms with Crippen LogP contribution in [0.4, 0.5) is 0 Å². The first-order valence-electron chi connectivity index (χ1n) is 4.73. The van der Waals surface area contributed by atoms with Gasteiger partial charge >= 0.3 is 0 Å². The number of benzene rings is 1. The number of phenolic OH excluding ortho intramolecular Hbond substituents is 1. The van der Waals surface area contributed by atoms with E-state index in [1.54, 1.807) is 30.5 Å². The average molecular weight is 217 g/mol. The van der Waals surface area contributed by atoms with Gasteiger partial charge in [0.15, 0.2) is 11.5 Å². The zero-order valence-corrected chi connectivity index (χ0v) is 8.71. The first-order valence-corrected chi connectivity index (χ1v) is 4.73. The van der Waals surface area contributed by atoms with E-state index in [9.17, 15) is 10.2 Å². The molecule has 1 heterocycles. The number of aromatic nitrogens is 1. The summed E-state index contributed by atoms with van der Waals surface area (Å²) in [5.74, 6) is 0.483. The summed E-state index contributed by atoms with van der Waals surface area (Å²) in [6.07, 6.45) is 1.58. The Kier molecular flexibility index (Phi) is 2.64. The number of hydrogen-bond acceptors (Lipinski definition) is 4. The molecular weight excluding hydrogens is 206 g/mol. The number of pyridine rings is 1. The van der Waals surface area contributed by atoms with Gasteiger partial charge in [-0.1, -0.05) is 0 Å². The van der Waals surface area contributed by atoms with Gasteiger partial charge in [0.1, 0.15) is 11.4 Å². The van der Waals surface area contributed by atoms with Crippen molar-refractivity contribution in [3.8, 4) is 28.5 Å². The summed E-state index contributed by atoms with van der Waals surface area (Å²) >= 11 is 0. The average Bonchev–Trinajstić information content (AvgIpc) is 2.29. The minimum absolute atomic E-state index is 0.0186. The monoisotopic (exact) mass is 217 g/mol. The van der Waals surface area contributed by atoms with E-state index in [0.29, 0.717) is 17.0 Å². The Hall–Kier alpha value is -2.23. The molecule has 0 spiro atoms. The molecule has 0 aliphatic carbocycles. The molecule has 0 atom stereocenters. The molecule has 0 aliphatic rings. The highest BCUT2D eigenvalue weighted by molar-refractivity contribution is 5.68. The molecule has 2 N–H and O–H groups in total. The van der Waals surface area contributed by atoms with Crippen molar-refractivity contribution in [2.24, 2.45) is 0 Å². The van der Waals surface area contributed by atoms with Gasteiger partial charge in [-0.05, 0) is 30.3 Å². The highest BCUT2D eigenvalue weighted by Gasteiger charge is 2.08. The number of ether oxygens (including phenoxy) is 1. The Bertz CT molecular complexity index is 511. The molecular formula is C12H11NO3. The van der Waals surface area contributed by atoms with E-state index >= 15 is 0 Å². The minimum Gasteiger partial charge on any atom is -0.506 e. The molecule has 0 saturated heterocycles. The standard InChI is InChI=1S/C12H11NO3/c1-16-11-5-4-8(7-10(11)15)12-9(14)3-2-6-13-12/h2-7,14-15H,1H3. The summed E-state index contributed by atoms with van der Waals surface area (Å²) in [5, 5.41) is 19.2. The van der Waals surface area contributed by atoms with Crippen molar-refractivity contribution in [2.75, 3.05) is 7.11 Å². The molecule has 1 aromatic heterocycles. The molecule has 2 aromatic rings. The van der Waals surface area contributed by atoms with Crippen LogP contribution < -0.4 is 4.74 Å². The maximum absolute atomic E-state index is 9.61. The van der Waals surface area contributed by atoms with Crippen LogP contribution in [0.15, 0.2) is 36.5 Å². The molecule has 0 unspecified atom stereocenters. The third-order valence-corrected chi connectivity index (χ3v) is 2.24. The zero-order chi connectivity index (χ0) is 11.5. The van der Waals surface area contributed by atoms with Crippen molar-refractivity contribution in [3.63, 3.8) is 0 Å². The van der Waals surface area contributed by atoms with Crippen LogP contribution in [0.3, 0.4) is 0 Å². The van der Waals surface area contributed by atoms with E-state index in [4.69, 9.17) is 4.74 Å². The molecule has 16 heavy (non-hydrogen) atoms. The second kappa shape index (κ2) is 4.10. The second-order valence-corrected chi connectivity index (χ2v) is 3.26. The number of phenols is 1. The normalized spacial score (nSPS) is 10.1. The lowest BCUT2D eigenvalue weighted by atomic mass is 10.1. The van der Waals surface area contributed by atoms with Gasteiger partial charge in [0.2, 0.25) is 0 Å². The molecule has 4 heteroatoms. The smallest absolute Gasteiger partial charge is 0.160 e. The summed E-state index contributed by atoms with van der Waals surface area (Å²) < 4.78 is 4.93. The molecule has 0 aliphatic heterocycles. The molecule has 0 bridgehead atoms. The Balaban J connectivity index is 2.50. The van der Waals surface area contributed by atoms with Gasteiger partial charge in [0.05, 0.1) is 7.11 Å². The number of aromatic hydroxyl groups is 2. The lowest BCUT2D eigenvalue weighted by molar-refractivity contribution is 0.373.